The van der Waals surface area contributed by atoms with Gasteiger partial charge in [0.05, 0.1) is 11.7 Å². The first kappa shape index (κ1) is 12.8. The van der Waals surface area contributed by atoms with E-state index < -0.39 is 17.4 Å². The van der Waals surface area contributed by atoms with Crippen molar-refractivity contribution in [2.75, 3.05) is 7.11 Å². The van der Waals surface area contributed by atoms with Crippen LogP contribution in [-0.4, -0.2) is 19.0 Å². The summed E-state index contributed by atoms with van der Waals surface area (Å²) in [7, 11) is 1.46. The summed E-state index contributed by atoms with van der Waals surface area (Å²) in [6.07, 6.45) is -0.271. The highest BCUT2D eigenvalue weighted by atomic mass is 19.2. The van der Waals surface area contributed by atoms with Crippen LogP contribution in [-0.2, 0) is 4.74 Å². The number of benzene rings is 1. The first-order chi connectivity index (χ1) is 7.47. The van der Waals surface area contributed by atoms with E-state index in [-0.39, 0.29) is 23.7 Å². The Hall–Kier alpha value is -1.29. The van der Waals surface area contributed by atoms with Crippen LogP contribution in [0, 0.1) is 18.6 Å². The van der Waals surface area contributed by atoms with Gasteiger partial charge in [0.2, 0.25) is 0 Å². The lowest BCUT2D eigenvalue weighted by Gasteiger charge is -2.09. The lowest BCUT2D eigenvalue weighted by Crippen LogP contribution is -2.14. The minimum atomic E-state index is -1.08. The van der Waals surface area contributed by atoms with Crippen molar-refractivity contribution in [3.05, 3.63) is 34.9 Å². The van der Waals surface area contributed by atoms with E-state index in [4.69, 9.17) is 4.74 Å². The zero-order chi connectivity index (χ0) is 12.3. The Morgan fingerprint density at radius 2 is 2.00 bits per heavy atom. The molecular formula is C12H14F2O2. The molecule has 0 aromatic heterocycles. The largest absolute Gasteiger partial charge is 0.381 e. The molecule has 0 spiro atoms. The molecule has 4 heteroatoms. The maximum atomic E-state index is 13.4. The molecule has 0 fully saturated rings. The second-order valence-electron chi connectivity index (χ2n) is 3.73. The van der Waals surface area contributed by atoms with Gasteiger partial charge in [-0.05, 0) is 25.5 Å². The van der Waals surface area contributed by atoms with E-state index in [1.807, 2.05) is 0 Å². The van der Waals surface area contributed by atoms with Gasteiger partial charge in [-0.15, -0.1) is 0 Å². The number of aryl methyl sites for hydroxylation is 1. The quantitative estimate of drug-likeness (QED) is 0.741. The van der Waals surface area contributed by atoms with Crippen LogP contribution in [0.25, 0.3) is 0 Å². The van der Waals surface area contributed by atoms with Crippen molar-refractivity contribution in [1.29, 1.82) is 0 Å². The number of hydrogen-bond donors (Lipinski definition) is 0. The molecule has 1 aromatic rings. The van der Waals surface area contributed by atoms with Crippen LogP contribution in [0.4, 0.5) is 8.78 Å². The van der Waals surface area contributed by atoms with Gasteiger partial charge in [-0.2, -0.15) is 0 Å². The summed E-state index contributed by atoms with van der Waals surface area (Å²) in [5, 5.41) is 0. The Morgan fingerprint density at radius 3 is 2.56 bits per heavy atom. The third kappa shape index (κ3) is 2.64. The number of methoxy groups -OCH3 is 1. The Balaban J connectivity index is 2.97. The second-order valence-corrected chi connectivity index (χ2v) is 3.73. The minimum Gasteiger partial charge on any atom is -0.381 e. The van der Waals surface area contributed by atoms with Crippen molar-refractivity contribution in [3.8, 4) is 0 Å². The molecule has 0 radical (unpaired) electrons. The molecule has 1 rings (SSSR count). The standard InChI is InChI=1S/C12H14F2O2/c1-7-4-5-9(12(14)11(7)13)10(15)6-8(2)16-3/h4-5,8H,6H2,1-3H3. The summed E-state index contributed by atoms with van der Waals surface area (Å²) < 4.78 is 31.5. The van der Waals surface area contributed by atoms with E-state index >= 15 is 0 Å². The van der Waals surface area contributed by atoms with Crippen LogP contribution >= 0.6 is 0 Å². The van der Waals surface area contributed by atoms with Crippen molar-refractivity contribution < 1.29 is 18.3 Å². The van der Waals surface area contributed by atoms with Crippen LogP contribution in [0.3, 0.4) is 0 Å². The van der Waals surface area contributed by atoms with E-state index in [0.29, 0.717) is 0 Å². The molecule has 1 aromatic carbocycles. The lowest BCUT2D eigenvalue weighted by molar-refractivity contribution is 0.0788. The number of ketones is 1. The Morgan fingerprint density at radius 1 is 1.38 bits per heavy atom. The van der Waals surface area contributed by atoms with Crippen LogP contribution in [0.2, 0.25) is 0 Å². The smallest absolute Gasteiger partial charge is 0.169 e. The van der Waals surface area contributed by atoms with E-state index in [1.54, 1.807) is 6.92 Å². The molecule has 0 aliphatic rings. The molecule has 0 saturated heterocycles. The first-order valence-electron chi connectivity index (χ1n) is 4.98. The zero-order valence-corrected chi connectivity index (χ0v) is 9.51. The summed E-state index contributed by atoms with van der Waals surface area (Å²) >= 11 is 0. The number of carbonyl (C=O) groups excluding carboxylic acids is 1. The Labute approximate surface area is 93.2 Å². The molecule has 0 heterocycles. The summed E-state index contributed by atoms with van der Waals surface area (Å²) in [5.41, 5.74) is -0.0270. The maximum absolute atomic E-state index is 13.4. The molecule has 16 heavy (non-hydrogen) atoms. The number of ether oxygens (including phenoxy) is 1. The van der Waals surface area contributed by atoms with E-state index in [0.717, 1.165) is 0 Å². The number of halogens is 2. The molecule has 0 aliphatic carbocycles. The fraction of sp³-hybridized carbons (Fsp3) is 0.417. The molecule has 0 amide bonds. The number of carbonyl (C=O) groups is 1. The van der Waals surface area contributed by atoms with Crippen molar-refractivity contribution in [3.63, 3.8) is 0 Å². The second kappa shape index (κ2) is 5.16. The highest BCUT2D eigenvalue weighted by molar-refractivity contribution is 5.96. The van der Waals surface area contributed by atoms with Crippen LogP contribution < -0.4 is 0 Å². The van der Waals surface area contributed by atoms with Crippen LogP contribution in [0.15, 0.2) is 12.1 Å². The highest BCUT2D eigenvalue weighted by Crippen LogP contribution is 2.17. The first-order valence-corrected chi connectivity index (χ1v) is 4.98. The van der Waals surface area contributed by atoms with Crippen LogP contribution in [0.1, 0.15) is 29.3 Å². The van der Waals surface area contributed by atoms with Gasteiger partial charge in [-0.3, -0.25) is 4.79 Å². The fourth-order valence-corrected chi connectivity index (χ4v) is 1.32. The zero-order valence-electron chi connectivity index (χ0n) is 9.51. The average Bonchev–Trinajstić information content (AvgIpc) is 2.25. The molecule has 2 nitrogen and oxygen atoms in total. The lowest BCUT2D eigenvalue weighted by atomic mass is 10.0. The fourth-order valence-electron chi connectivity index (χ4n) is 1.32. The molecule has 0 N–H and O–H groups in total. The SMILES string of the molecule is COC(C)CC(=O)c1ccc(C)c(F)c1F. The summed E-state index contributed by atoms with van der Waals surface area (Å²) in [5.74, 6) is -2.49. The van der Waals surface area contributed by atoms with Gasteiger partial charge in [0.15, 0.2) is 17.4 Å². The Bertz CT molecular complexity index is 402. The minimum absolute atomic E-state index is 0.0376. The van der Waals surface area contributed by atoms with Gasteiger partial charge in [-0.1, -0.05) is 6.07 Å². The normalized spacial score (nSPS) is 12.6. The van der Waals surface area contributed by atoms with Crippen LogP contribution in [0.5, 0.6) is 0 Å². The van der Waals surface area contributed by atoms with Crippen molar-refractivity contribution in [2.24, 2.45) is 0 Å². The summed E-state index contributed by atoms with van der Waals surface area (Å²) in [6, 6.07) is 2.70. The maximum Gasteiger partial charge on any atom is 0.169 e. The molecule has 88 valence electrons. The molecule has 1 unspecified atom stereocenters. The summed E-state index contributed by atoms with van der Waals surface area (Å²) in [4.78, 5) is 11.6. The van der Waals surface area contributed by atoms with Crippen molar-refractivity contribution >= 4 is 5.78 Å². The van der Waals surface area contributed by atoms with Gasteiger partial charge in [0.1, 0.15) is 0 Å². The third-order valence-electron chi connectivity index (χ3n) is 2.45. The molecule has 0 aliphatic heterocycles. The van der Waals surface area contributed by atoms with Gasteiger partial charge >= 0.3 is 0 Å². The monoisotopic (exact) mass is 228 g/mol. The number of rotatable bonds is 4. The van der Waals surface area contributed by atoms with Gasteiger partial charge < -0.3 is 4.74 Å². The average molecular weight is 228 g/mol. The van der Waals surface area contributed by atoms with E-state index in [9.17, 15) is 13.6 Å². The predicted octanol–water partition coefficient (Wildman–Crippen LogP) is 2.88. The van der Waals surface area contributed by atoms with Crippen molar-refractivity contribution in [1.82, 2.24) is 0 Å². The van der Waals surface area contributed by atoms with Gasteiger partial charge in [0, 0.05) is 13.5 Å². The predicted molar refractivity (Wildman–Crippen MR) is 56.5 cm³/mol. The third-order valence-corrected chi connectivity index (χ3v) is 2.45. The summed E-state index contributed by atoms with van der Waals surface area (Å²) in [6.45, 7) is 3.14. The van der Waals surface area contributed by atoms with Gasteiger partial charge in [-0.25, -0.2) is 8.78 Å². The molecule has 1 atom stereocenters. The van der Waals surface area contributed by atoms with E-state index in [2.05, 4.69) is 0 Å². The number of Topliss-reactive ketones (excluding diaryl/α,β-unsaturated/α-hetero) is 1. The number of hydrogen-bond acceptors (Lipinski definition) is 2. The topological polar surface area (TPSA) is 26.3 Å². The molecular weight excluding hydrogens is 214 g/mol. The van der Waals surface area contributed by atoms with E-state index in [1.165, 1.54) is 26.2 Å². The molecule has 0 bridgehead atoms. The van der Waals surface area contributed by atoms with Gasteiger partial charge in [0.25, 0.3) is 0 Å². The molecule has 0 saturated carbocycles. The highest BCUT2D eigenvalue weighted by Gasteiger charge is 2.18. The van der Waals surface area contributed by atoms with Crippen molar-refractivity contribution in [2.45, 2.75) is 26.4 Å². The Kier molecular flexibility index (Phi) is 4.12.